The van der Waals surface area contributed by atoms with Gasteiger partial charge in [-0.2, -0.15) is 4.98 Å². The van der Waals surface area contributed by atoms with E-state index in [1.807, 2.05) is 30.3 Å². The Labute approximate surface area is 139 Å². The van der Waals surface area contributed by atoms with E-state index in [9.17, 15) is 0 Å². The number of fused-ring (bicyclic) bond motifs is 1. The average molecular weight is 325 g/mol. The predicted octanol–water partition coefficient (Wildman–Crippen LogP) is 2.09. The second-order valence-corrected chi connectivity index (χ2v) is 5.70. The van der Waals surface area contributed by atoms with Crippen LogP contribution in [0.5, 0.6) is 0 Å². The lowest BCUT2D eigenvalue weighted by Gasteiger charge is -2.34. The van der Waals surface area contributed by atoms with Crippen molar-refractivity contribution in [3.05, 3.63) is 42.4 Å². The quantitative estimate of drug-likeness (QED) is 0.727. The van der Waals surface area contributed by atoms with Crippen LogP contribution < -0.4 is 9.80 Å². The Morgan fingerprint density at radius 1 is 1.04 bits per heavy atom. The Balaban J connectivity index is 1.45. The van der Waals surface area contributed by atoms with Crippen molar-refractivity contribution < 1.29 is 9.15 Å². The Kier molecular flexibility index (Phi) is 4.00. The van der Waals surface area contributed by atoms with Gasteiger partial charge in [0.1, 0.15) is 17.9 Å². The molecule has 0 radical (unpaired) electrons. The molecule has 0 atom stereocenters. The fourth-order valence-electron chi connectivity index (χ4n) is 2.89. The SMILES string of the molecule is COCc1nccc(N2CCN(c3nc4ccccc4o3)CC2)n1. The monoisotopic (exact) mass is 325 g/mol. The van der Waals surface area contributed by atoms with Crippen LogP contribution in [0.15, 0.2) is 40.9 Å². The Hall–Kier alpha value is -2.67. The summed E-state index contributed by atoms with van der Waals surface area (Å²) in [7, 11) is 1.65. The molecule has 4 rings (SSSR count). The molecule has 0 bridgehead atoms. The number of benzene rings is 1. The van der Waals surface area contributed by atoms with Crippen LogP contribution in [0.25, 0.3) is 11.1 Å². The van der Waals surface area contributed by atoms with Crippen molar-refractivity contribution in [1.29, 1.82) is 0 Å². The summed E-state index contributed by atoms with van der Waals surface area (Å²) in [5.74, 6) is 1.64. The number of aromatic nitrogens is 3. The second kappa shape index (κ2) is 6.45. The lowest BCUT2D eigenvalue weighted by molar-refractivity contribution is 0.178. The Morgan fingerprint density at radius 3 is 2.62 bits per heavy atom. The van der Waals surface area contributed by atoms with Crippen LogP contribution in [0.3, 0.4) is 0 Å². The van der Waals surface area contributed by atoms with Crippen LogP contribution in [0.2, 0.25) is 0 Å². The van der Waals surface area contributed by atoms with Gasteiger partial charge < -0.3 is 19.0 Å². The molecule has 124 valence electrons. The number of piperazine rings is 1. The van der Waals surface area contributed by atoms with Gasteiger partial charge in [0, 0.05) is 39.5 Å². The summed E-state index contributed by atoms with van der Waals surface area (Å²) in [6.45, 7) is 3.84. The predicted molar refractivity (Wildman–Crippen MR) is 91.2 cm³/mol. The first-order valence-electron chi connectivity index (χ1n) is 8.00. The maximum Gasteiger partial charge on any atom is 0.298 e. The zero-order valence-corrected chi connectivity index (χ0v) is 13.6. The van der Waals surface area contributed by atoms with Crippen molar-refractivity contribution in [2.24, 2.45) is 0 Å². The van der Waals surface area contributed by atoms with Crippen LogP contribution in [0, 0.1) is 0 Å². The van der Waals surface area contributed by atoms with Crippen LogP contribution >= 0.6 is 0 Å². The lowest BCUT2D eigenvalue weighted by Crippen LogP contribution is -2.47. The maximum absolute atomic E-state index is 5.85. The van der Waals surface area contributed by atoms with Gasteiger partial charge in [0.05, 0.1) is 0 Å². The van der Waals surface area contributed by atoms with Crippen molar-refractivity contribution in [3.63, 3.8) is 0 Å². The first kappa shape index (κ1) is 14.9. The summed E-state index contributed by atoms with van der Waals surface area (Å²) in [5.41, 5.74) is 1.73. The fourth-order valence-corrected chi connectivity index (χ4v) is 2.89. The number of nitrogens with zero attached hydrogens (tertiary/aromatic N) is 5. The summed E-state index contributed by atoms with van der Waals surface area (Å²) in [5, 5.41) is 0. The third-order valence-electron chi connectivity index (χ3n) is 4.12. The van der Waals surface area contributed by atoms with Gasteiger partial charge >= 0.3 is 0 Å². The molecule has 1 saturated heterocycles. The van der Waals surface area contributed by atoms with E-state index in [-0.39, 0.29) is 0 Å². The molecule has 0 unspecified atom stereocenters. The van der Waals surface area contributed by atoms with E-state index in [0.717, 1.165) is 43.1 Å². The lowest BCUT2D eigenvalue weighted by atomic mass is 10.3. The molecule has 24 heavy (non-hydrogen) atoms. The second-order valence-electron chi connectivity index (χ2n) is 5.70. The number of hydrogen-bond acceptors (Lipinski definition) is 7. The molecule has 7 nitrogen and oxygen atoms in total. The van der Waals surface area contributed by atoms with Gasteiger partial charge in [-0.1, -0.05) is 12.1 Å². The molecule has 3 aromatic rings. The van der Waals surface area contributed by atoms with E-state index in [4.69, 9.17) is 9.15 Å². The molecule has 0 aliphatic carbocycles. The molecule has 1 aliphatic rings. The number of anilines is 2. The van der Waals surface area contributed by atoms with Gasteiger partial charge in [-0.05, 0) is 18.2 Å². The van der Waals surface area contributed by atoms with Crippen molar-refractivity contribution in [3.8, 4) is 0 Å². The Bertz CT molecular complexity index is 793. The van der Waals surface area contributed by atoms with E-state index in [0.29, 0.717) is 18.4 Å². The van der Waals surface area contributed by atoms with Gasteiger partial charge in [0.25, 0.3) is 6.01 Å². The standard InChI is InChI=1S/C17H19N5O2/c1-23-12-15-18-7-6-16(20-15)21-8-10-22(11-9-21)17-19-13-4-2-3-5-14(13)24-17/h2-7H,8-12H2,1H3. The highest BCUT2D eigenvalue weighted by Crippen LogP contribution is 2.23. The van der Waals surface area contributed by atoms with E-state index >= 15 is 0 Å². The number of hydrogen-bond donors (Lipinski definition) is 0. The van der Waals surface area contributed by atoms with E-state index in [2.05, 4.69) is 24.8 Å². The number of methoxy groups -OCH3 is 1. The molecule has 3 heterocycles. The van der Waals surface area contributed by atoms with Crippen LogP contribution in [-0.4, -0.2) is 48.2 Å². The number of para-hydroxylation sites is 2. The third kappa shape index (κ3) is 2.90. The van der Waals surface area contributed by atoms with E-state index < -0.39 is 0 Å². The molecular formula is C17H19N5O2. The fraction of sp³-hybridized carbons (Fsp3) is 0.353. The zero-order chi connectivity index (χ0) is 16.4. The van der Waals surface area contributed by atoms with Crippen LogP contribution in [-0.2, 0) is 11.3 Å². The molecule has 7 heteroatoms. The number of ether oxygens (including phenoxy) is 1. The zero-order valence-electron chi connectivity index (χ0n) is 13.6. The summed E-state index contributed by atoms with van der Waals surface area (Å²) in [6.07, 6.45) is 1.78. The summed E-state index contributed by atoms with van der Waals surface area (Å²) < 4.78 is 11.0. The van der Waals surface area contributed by atoms with Gasteiger partial charge in [-0.15, -0.1) is 0 Å². The average Bonchev–Trinajstić information content (AvgIpc) is 3.07. The van der Waals surface area contributed by atoms with Crippen molar-refractivity contribution in [2.75, 3.05) is 43.1 Å². The minimum absolute atomic E-state index is 0.427. The molecule has 0 saturated carbocycles. The summed E-state index contributed by atoms with van der Waals surface area (Å²) in [6, 6.07) is 10.5. The first-order valence-corrected chi connectivity index (χ1v) is 8.00. The van der Waals surface area contributed by atoms with Crippen molar-refractivity contribution in [1.82, 2.24) is 15.0 Å². The topological polar surface area (TPSA) is 67.5 Å². The highest BCUT2D eigenvalue weighted by Gasteiger charge is 2.22. The third-order valence-corrected chi connectivity index (χ3v) is 4.12. The Morgan fingerprint density at radius 2 is 1.83 bits per heavy atom. The first-order chi connectivity index (χ1) is 11.8. The smallest absolute Gasteiger partial charge is 0.298 e. The van der Waals surface area contributed by atoms with Crippen molar-refractivity contribution >= 4 is 22.9 Å². The molecule has 1 aromatic carbocycles. The summed E-state index contributed by atoms with van der Waals surface area (Å²) in [4.78, 5) is 17.8. The molecule has 2 aromatic heterocycles. The number of rotatable bonds is 4. The minimum Gasteiger partial charge on any atom is -0.423 e. The molecular weight excluding hydrogens is 306 g/mol. The van der Waals surface area contributed by atoms with E-state index in [1.165, 1.54) is 0 Å². The normalized spacial score (nSPS) is 15.2. The molecule has 0 spiro atoms. The van der Waals surface area contributed by atoms with Gasteiger partial charge in [-0.25, -0.2) is 9.97 Å². The molecule has 1 aliphatic heterocycles. The summed E-state index contributed by atoms with van der Waals surface area (Å²) >= 11 is 0. The molecule has 0 N–H and O–H groups in total. The molecule has 1 fully saturated rings. The van der Waals surface area contributed by atoms with Crippen LogP contribution in [0.1, 0.15) is 5.82 Å². The highest BCUT2D eigenvalue weighted by molar-refractivity contribution is 5.74. The highest BCUT2D eigenvalue weighted by atomic mass is 16.5. The van der Waals surface area contributed by atoms with Gasteiger partial charge in [0.2, 0.25) is 0 Å². The van der Waals surface area contributed by atoms with Gasteiger partial charge in [0.15, 0.2) is 11.4 Å². The van der Waals surface area contributed by atoms with E-state index in [1.54, 1.807) is 13.3 Å². The van der Waals surface area contributed by atoms with Crippen LogP contribution in [0.4, 0.5) is 11.8 Å². The number of oxazole rings is 1. The minimum atomic E-state index is 0.427. The van der Waals surface area contributed by atoms with Crippen molar-refractivity contribution in [2.45, 2.75) is 6.61 Å². The maximum atomic E-state index is 5.85. The largest absolute Gasteiger partial charge is 0.423 e. The molecule has 0 amide bonds. The van der Waals surface area contributed by atoms with Gasteiger partial charge in [-0.3, -0.25) is 0 Å².